The summed E-state index contributed by atoms with van der Waals surface area (Å²) in [6, 6.07) is 8.12. The predicted octanol–water partition coefficient (Wildman–Crippen LogP) is 7.69. The van der Waals surface area contributed by atoms with Gasteiger partial charge in [0.1, 0.15) is 5.75 Å². The van der Waals surface area contributed by atoms with Crippen LogP contribution in [0, 0.1) is 0 Å². The van der Waals surface area contributed by atoms with E-state index in [-0.39, 0.29) is 0 Å². The van der Waals surface area contributed by atoms with E-state index >= 15 is 0 Å². The molecule has 34 heavy (non-hydrogen) atoms. The van der Waals surface area contributed by atoms with Crippen LogP contribution in [0.25, 0.3) is 0 Å². The van der Waals surface area contributed by atoms with Crippen molar-refractivity contribution in [2.24, 2.45) is 0 Å². The highest BCUT2D eigenvalue weighted by atomic mass is 33.1. The molecule has 0 spiro atoms. The maximum Gasteiger partial charge on any atom is 0.394 e. The van der Waals surface area contributed by atoms with E-state index < -0.39 is 7.67 Å². The second kappa shape index (κ2) is 12.9. The Morgan fingerprint density at radius 3 is 2.47 bits per heavy atom. The van der Waals surface area contributed by atoms with Gasteiger partial charge < -0.3 is 4.52 Å². The Labute approximate surface area is 223 Å². The summed E-state index contributed by atoms with van der Waals surface area (Å²) in [5, 5.41) is 4.76. The topological polar surface area (TPSA) is 32.8 Å². The van der Waals surface area contributed by atoms with Gasteiger partial charge in [-0.2, -0.15) is 23.5 Å². The lowest BCUT2D eigenvalue weighted by Gasteiger charge is -2.35. The van der Waals surface area contributed by atoms with Crippen molar-refractivity contribution in [2.75, 3.05) is 33.9 Å². The molecule has 5 rings (SSSR count). The maximum atomic E-state index is 13.1. The predicted molar refractivity (Wildman–Crippen MR) is 157 cm³/mol. The highest BCUT2D eigenvalue weighted by Crippen LogP contribution is 2.56. The van der Waals surface area contributed by atoms with Crippen LogP contribution in [0.5, 0.6) is 5.75 Å². The highest BCUT2D eigenvalue weighted by molar-refractivity contribution is 8.77. The SMILES string of the molecule is CN(C)P(=O)(Oc1cccc(CCCCCCCC2SC2CC2SSCC3CC2S3)c1)N(C)C. The summed E-state index contributed by atoms with van der Waals surface area (Å²) >= 11 is 4.53. The van der Waals surface area contributed by atoms with Crippen molar-refractivity contribution >= 4 is 52.8 Å². The molecule has 0 radical (unpaired) electrons. The summed E-state index contributed by atoms with van der Waals surface area (Å²) in [5.41, 5.74) is 1.27. The van der Waals surface area contributed by atoms with Crippen molar-refractivity contribution in [2.45, 2.75) is 84.0 Å². The normalized spacial score (nSPS) is 28.6. The zero-order valence-corrected chi connectivity index (χ0v) is 25.2. The fourth-order valence-electron chi connectivity index (χ4n) is 4.79. The molecule has 4 aliphatic heterocycles. The molecule has 4 heterocycles. The van der Waals surface area contributed by atoms with E-state index in [2.05, 4.69) is 57.2 Å². The van der Waals surface area contributed by atoms with Gasteiger partial charge in [-0.05, 0) is 78.0 Å². The van der Waals surface area contributed by atoms with Gasteiger partial charge >= 0.3 is 7.67 Å². The molecule has 9 heteroatoms. The molecule has 4 aliphatic rings. The van der Waals surface area contributed by atoms with Crippen molar-refractivity contribution in [3.8, 4) is 5.75 Å². The third kappa shape index (κ3) is 7.55. The number of rotatable bonds is 14. The maximum absolute atomic E-state index is 13.1. The summed E-state index contributed by atoms with van der Waals surface area (Å²) in [7, 11) is 8.52. The number of hydrogen-bond acceptors (Lipinski definition) is 6. The first kappa shape index (κ1) is 27.6. The fraction of sp³-hybridized carbons (Fsp3) is 0.760. The van der Waals surface area contributed by atoms with Crippen molar-refractivity contribution in [3.63, 3.8) is 0 Å². The number of unbranched alkanes of at least 4 members (excludes halogenated alkanes) is 4. The minimum atomic E-state index is -3.01. The van der Waals surface area contributed by atoms with E-state index in [9.17, 15) is 4.57 Å². The molecule has 1 aromatic rings. The van der Waals surface area contributed by atoms with Crippen molar-refractivity contribution in [3.05, 3.63) is 29.8 Å². The highest BCUT2D eigenvalue weighted by Gasteiger charge is 2.45. The Hall–Kier alpha value is 0.570. The van der Waals surface area contributed by atoms with Crippen LogP contribution in [-0.2, 0) is 11.0 Å². The number of aryl methyl sites for hydroxylation is 1. The van der Waals surface area contributed by atoms with E-state index in [4.69, 9.17) is 4.52 Å². The lowest BCUT2D eigenvalue weighted by Crippen LogP contribution is -2.34. The fourth-order valence-corrected chi connectivity index (χ4v) is 13.0. The van der Waals surface area contributed by atoms with Crippen LogP contribution in [0.15, 0.2) is 24.3 Å². The summed E-state index contributed by atoms with van der Waals surface area (Å²) in [5.74, 6) is 2.06. The molecular weight excluding hydrogens is 520 g/mol. The first-order chi connectivity index (χ1) is 16.3. The smallest absolute Gasteiger partial charge is 0.394 e. The van der Waals surface area contributed by atoms with Gasteiger partial charge in [0.25, 0.3) is 0 Å². The van der Waals surface area contributed by atoms with E-state index in [1.54, 1.807) is 37.5 Å². The first-order valence-corrected chi connectivity index (χ1v) is 18.5. The molecule has 2 bridgehead atoms. The van der Waals surface area contributed by atoms with Crippen LogP contribution < -0.4 is 4.52 Å². The second-order valence-electron chi connectivity index (χ2n) is 10.1. The number of thioether (sulfide) groups is 2. The monoisotopic (exact) mass is 560 g/mol. The van der Waals surface area contributed by atoms with E-state index in [1.165, 1.54) is 62.7 Å². The molecular formula is C25H41N2O2PS4. The molecule has 5 unspecified atom stereocenters. The number of fused-ring (bicyclic) bond motifs is 3. The molecule has 4 nitrogen and oxygen atoms in total. The van der Waals surface area contributed by atoms with Crippen LogP contribution in [0.3, 0.4) is 0 Å². The molecule has 0 aromatic heterocycles. The average Bonchev–Trinajstić information content (AvgIpc) is 3.57. The Balaban J connectivity index is 1.06. The van der Waals surface area contributed by atoms with Gasteiger partial charge in [-0.25, -0.2) is 13.9 Å². The molecule has 1 aromatic carbocycles. The quantitative estimate of drug-likeness (QED) is 0.0991. The van der Waals surface area contributed by atoms with Gasteiger partial charge in [0, 0.05) is 32.0 Å². The van der Waals surface area contributed by atoms with Crippen LogP contribution >= 0.6 is 52.8 Å². The van der Waals surface area contributed by atoms with Gasteiger partial charge in [0.15, 0.2) is 0 Å². The van der Waals surface area contributed by atoms with Crippen molar-refractivity contribution < 1.29 is 9.09 Å². The number of nitrogens with zero attached hydrogens (tertiary/aromatic N) is 2. The lowest BCUT2D eigenvalue weighted by atomic mass is 10.0. The van der Waals surface area contributed by atoms with Crippen molar-refractivity contribution in [1.82, 2.24) is 9.34 Å². The van der Waals surface area contributed by atoms with Crippen LogP contribution in [-0.4, -0.2) is 69.5 Å². The molecule has 4 fully saturated rings. The standard InChI is InChI=1S/C25H41N2O2PS4/c1-26(2)30(28,27(3)4)29-20-13-10-12-19(15-20)11-8-6-5-7-9-14-22-24(33-22)17-25-23-16-21(32-23)18-31-34-25/h10,12-13,15,21-25H,5-9,11,14,16-18H2,1-4H3. The minimum Gasteiger partial charge on any atom is -0.422 e. The second-order valence-corrected chi connectivity index (χ2v) is 18.6. The zero-order chi connectivity index (χ0) is 24.1. The largest absolute Gasteiger partial charge is 0.422 e. The van der Waals surface area contributed by atoms with E-state index in [0.717, 1.165) is 32.7 Å². The number of hydrogen-bond donors (Lipinski definition) is 0. The summed E-state index contributed by atoms with van der Waals surface area (Å²) in [4.78, 5) is 0. The Bertz CT molecular complexity index is 825. The Morgan fingerprint density at radius 1 is 0.971 bits per heavy atom. The minimum absolute atomic E-state index is 0.691. The first-order valence-electron chi connectivity index (χ1n) is 12.7. The summed E-state index contributed by atoms with van der Waals surface area (Å²) < 4.78 is 22.3. The zero-order valence-electron chi connectivity index (χ0n) is 21.1. The third-order valence-electron chi connectivity index (χ3n) is 6.96. The molecule has 0 aliphatic carbocycles. The third-order valence-corrected chi connectivity index (χ3v) is 15.9. The van der Waals surface area contributed by atoms with Gasteiger partial charge in [0.05, 0.1) is 0 Å². The Morgan fingerprint density at radius 2 is 1.71 bits per heavy atom. The number of benzene rings is 1. The summed E-state index contributed by atoms with van der Waals surface area (Å²) in [6.07, 6.45) is 12.0. The van der Waals surface area contributed by atoms with Crippen LogP contribution in [0.1, 0.15) is 56.9 Å². The van der Waals surface area contributed by atoms with Gasteiger partial charge in [-0.15, -0.1) is 0 Å². The van der Waals surface area contributed by atoms with Crippen LogP contribution in [0.2, 0.25) is 0 Å². The average molecular weight is 561 g/mol. The lowest BCUT2D eigenvalue weighted by molar-refractivity contribution is 0.354. The molecule has 192 valence electrons. The molecule has 4 saturated heterocycles. The molecule has 0 N–H and O–H groups in total. The van der Waals surface area contributed by atoms with E-state index in [1.807, 2.05) is 12.1 Å². The van der Waals surface area contributed by atoms with Crippen LogP contribution in [0.4, 0.5) is 0 Å². The summed E-state index contributed by atoms with van der Waals surface area (Å²) in [6.45, 7) is 0. The molecule has 5 atom stereocenters. The Kier molecular flexibility index (Phi) is 10.5. The van der Waals surface area contributed by atoms with Gasteiger partial charge in [-0.3, -0.25) is 0 Å². The van der Waals surface area contributed by atoms with Gasteiger partial charge in [-0.1, -0.05) is 59.4 Å². The van der Waals surface area contributed by atoms with Crippen molar-refractivity contribution in [1.29, 1.82) is 0 Å². The van der Waals surface area contributed by atoms with Gasteiger partial charge in [0.2, 0.25) is 0 Å². The molecule has 0 amide bonds. The molecule has 0 saturated carbocycles. The van der Waals surface area contributed by atoms with E-state index in [0.29, 0.717) is 5.75 Å².